The van der Waals surface area contributed by atoms with Crippen molar-refractivity contribution in [2.75, 3.05) is 32.6 Å². The van der Waals surface area contributed by atoms with E-state index in [0.29, 0.717) is 5.13 Å². The molecule has 0 amide bonds. The van der Waals surface area contributed by atoms with Crippen molar-refractivity contribution in [3.05, 3.63) is 116 Å². The Morgan fingerprint density at radius 3 is 1.69 bits per heavy atom. The Bertz CT molecular complexity index is 2090. The number of thiazole rings is 1. The van der Waals surface area contributed by atoms with Gasteiger partial charge >= 0.3 is 29.8 Å². The molecule has 0 aliphatic carbocycles. The number of benzene rings is 3. The minimum atomic E-state index is -0.941. The van der Waals surface area contributed by atoms with Crippen LogP contribution in [0.2, 0.25) is 0 Å². The van der Waals surface area contributed by atoms with Crippen molar-refractivity contribution >= 4 is 62.7 Å². The van der Waals surface area contributed by atoms with E-state index >= 15 is 0 Å². The number of nitrogens with zero attached hydrogens (tertiary/aromatic N) is 2. The molecular weight excluding hydrogens is 742 g/mol. The fraction of sp³-hybridized carbons (Fsp3) is 0.108. The maximum Gasteiger partial charge on any atom is 0.343 e. The lowest BCUT2D eigenvalue weighted by Crippen LogP contribution is -2.14. The average molecular weight is 774 g/mol. The normalized spacial score (nSPS) is 10.3. The van der Waals surface area contributed by atoms with Crippen LogP contribution in [0, 0.1) is 0 Å². The van der Waals surface area contributed by atoms with Crippen molar-refractivity contribution < 1.29 is 66.6 Å². The van der Waals surface area contributed by atoms with Crippen LogP contribution in [-0.2, 0) is 38.1 Å². The zero-order valence-corrected chi connectivity index (χ0v) is 29.6. The molecule has 0 aliphatic rings. The summed E-state index contributed by atoms with van der Waals surface area (Å²) in [6.07, 6.45) is 5.01. The molecule has 4 rings (SSSR count). The molecular formula is C37H31N3O14S. The molecule has 1 N–H and O–H groups in total. The average Bonchev–Trinajstić information content (AvgIpc) is 3.61. The maximum absolute atomic E-state index is 13.6. The summed E-state index contributed by atoms with van der Waals surface area (Å²) in [5.74, 6) is -4.44. The van der Waals surface area contributed by atoms with Gasteiger partial charge in [0, 0.05) is 35.9 Å². The van der Waals surface area contributed by atoms with Gasteiger partial charge in [-0.25, -0.2) is 29.0 Å². The van der Waals surface area contributed by atoms with Gasteiger partial charge in [0.25, 0.3) is 0 Å². The molecule has 4 aromatic rings. The van der Waals surface area contributed by atoms with Crippen molar-refractivity contribution in [2.45, 2.75) is 0 Å². The number of carbonyl (C=O) groups is 5. The Morgan fingerprint density at radius 1 is 0.636 bits per heavy atom. The monoisotopic (exact) mass is 773 g/mol. The molecule has 0 saturated heterocycles. The quantitative estimate of drug-likeness (QED) is 0.0219. The molecule has 0 radical (unpaired) electrons. The Kier molecular flexibility index (Phi) is 15.1. The molecule has 18 heteroatoms. The molecule has 0 aliphatic heterocycles. The summed E-state index contributed by atoms with van der Waals surface area (Å²) < 4.78 is 48.4. The number of hydrogen-bond donors (Lipinski definition) is 1. The zero-order valence-electron chi connectivity index (χ0n) is 28.8. The SMILES string of the molecule is C=CC(=O)OCOc1ccc(C(=O)Oc2cc(OCOC(=O)C=C)c(OCOC(=O)C=C)cc2/C=N/Nc2nc3ccccc3s2)cc1OCOC(=O)C=C. The highest BCUT2D eigenvalue weighted by atomic mass is 32.1. The van der Waals surface area contributed by atoms with E-state index in [2.05, 4.69) is 41.8 Å². The topological polar surface area (TPSA) is 206 Å². The van der Waals surface area contributed by atoms with Crippen LogP contribution in [0.25, 0.3) is 10.2 Å². The summed E-state index contributed by atoms with van der Waals surface area (Å²) in [6, 6.07) is 13.9. The lowest BCUT2D eigenvalue weighted by atomic mass is 10.1. The molecule has 0 fully saturated rings. The summed E-state index contributed by atoms with van der Waals surface area (Å²) in [5, 5.41) is 4.70. The van der Waals surface area contributed by atoms with Crippen molar-refractivity contribution in [1.82, 2.24) is 4.98 Å². The van der Waals surface area contributed by atoms with Crippen LogP contribution in [0.5, 0.6) is 28.7 Å². The van der Waals surface area contributed by atoms with Crippen LogP contribution < -0.4 is 29.1 Å². The van der Waals surface area contributed by atoms with E-state index in [-0.39, 0.29) is 39.9 Å². The highest BCUT2D eigenvalue weighted by Crippen LogP contribution is 2.36. The standard InChI is InChI=1S/C37H31N3O14S/c1-5-32(41)50-19-46-26-14-13-23(15-28(26)47-20-51-33(42)6-2)36(45)54-27-17-30(49-22-53-35(44)8-4)29(48-21-52-34(43)7-3)16-24(27)18-38-40-37-39-25-11-9-10-12-31(25)55-37/h5-18H,1-4,19-22H2,(H,39,40)/b38-18+. The molecule has 3 aromatic carbocycles. The van der Waals surface area contributed by atoms with E-state index in [0.717, 1.165) is 34.5 Å². The Balaban J connectivity index is 1.68. The lowest BCUT2D eigenvalue weighted by Gasteiger charge is -2.16. The first-order chi connectivity index (χ1) is 26.6. The third kappa shape index (κ3) is 12.3. The Hall–Kier alpha value is -7.47. The van der Waals surface area contributed by atoms with Gasteiger partial charge in [0.1, 0.15) is 5.75 Å². The number of rotatable bonds is 21. The number of hydrogen-bond acceptors (Lipinski definition) is 18. The molecule has 0 atom stereocenters. The largest absolute Gasteiger partial charge is 0.453 e. The fourth-order valence-corrected chi connectivity index (χ4v) is 4.73. The first-order valence-electron chi connectivity index (χ1n) is 15.5. The van der Waals surface area contributed by atoms with Crippen molar-refractivity contribution in [1.29, 1.82) is 0 Å². The highest BCUT2D eigenvalue weighted by Gasteiger charge is 2.20. The molecule has 17 nitrogen and oxygen atoms in total. The van der Waals surface area contributed by atoms with E-state index in [9.17, 15) is 24.0 Å². The van der Waals surface area contributed by atoms with E-state index in [1.807, 2.05) is 24.3 Å². The van der Waals surface area contributed by atoms with Crippen LogP contribution in [0.4, 0.5) is 5.13 Å². The second-order valence-electron chi connectivity index (χ2n) is 9.96. The van der Waals surface area contributed by atoms with Crippen LogP contribution in [0.3, 0.4) is 0 Å². The first-order valence-corrected chi connectivity index (χ1v) is 16.3. The molecule has 55 heavy (non-hydrogen) atoms. The van der Waals surface area contributed by atoms with E-state index in [1.54, 1.807) is 0 Å². The number of anilines is 1. The number of ether oxygens (including phenoxy) is 9. The smallest absolute Gasteiger partial charge is 0.343 e. The van der Waals surface area contributed by atoms with Gasteiger partial charge in [0.05, 0.1) is 22.0 Å². The number of para-hydroxylation sites is 1. The number of carbonyl (C=O) groups excluding carboxylic acids is 5. The van der Waals surface area contributed by atoms with Gasteiger partial charge in [-0.2, -0.15) is 5.10 Å². The molecule has 0 unspecified atom stereocenters. The van der Waals surface area contributed by atoms with Gasteiger partial charge in [0.2, 0.25) is 32.3 Å². The number of esters is 5. The predicted octanol–water partition coefficient (Wildman–Crippen LogP) is 5.22. The van der Waals surface area contributed by atoms with E-state index in [4.69, 9.17) is 42.6 Å². The summed E-state index contributed by atoms with van der Waals surface area (Å²) in [6.45, 7) is 10.9. The van der Waals surface area contributed by atoms with Gasteiger partial charge in [-0.3, -0.25) is 5.43 Å². The van der Waals surface area contributed by atoms with Crippen LogP contribution in [0.1, 0.15) is 15.9 Å². The summed E-state index contributed by atoms with van der Waals surface area (Å²) in [7, 11) is 0. The number of nitrogens with one attached hydrogen (secondary N) is 1. The van der Waals surface area contributed by atoms with Crippen molar-refractivity contribution in [3.8, 4) is 28.7 Å². The van der Waals surface area contributed by atoms with Gasteiger partial charge in [0.15, 0.2) is 23.0 Å². The lowest BCUT2D eigenvalue weighted by molar-refractivity contribution is -0.146. The zero-order chi connectivity index (χ0) is 39.6. The van der Waals surface area contributed by atoms with Gasteiger partial charge in [-0.1, -0.05) is 49.8 Å². The molecule has 284 valence electrons. The summed E-state index contributed by atoms with van der Waals surface area (Å²) in [5.41, 5.74) is 3.63. The third-order valence-electron chi connectivity index (χ3n) is 6.45. The summed E-state index contributed by atoms with van der Waals surface area (Å²) in [4.78, 5) is 64.4. The minimum Gasteiger partial charge on any atom is -0.453 e. The molecule has 1 aromatic heterocycles. The Morgan fingerprint density at radius 2 is 1.15 bits per heavy atom. The molecule has 0 saturated carbocycles. The van der Waals surface area contributed by atoms with E-state index < -0.39 is 57.0 Å². The Labute approximate surface area is 316 Å². The van der Waals surface area contributed by atoms with Crippen LogP contribution >= 0.6 is 11.3 Å². The number of aromatic nitrogens is 1. The third-order valence-corrected chi connectivity index (χ3v) is 7.39. The fourth-order valence-electron chi connectivity index (χ4n) is 3.91. The highest BCUT2D eigenvalue weighted by molar-refractivity contribution is 7.22. The van der Waals surface area contributed by atoms with Crippen molar-refractivity contribution in [2.24, 2.45) is 5.10 Å². The summed E-state index contributed by atoms with van der Waals surface area (Å²) >= 11 is 1.34. The van der Waals surface area contributed by atoms with E-state index in [1.165, 1.54) is 47.9 Å². The number of fused-ring (bicyclic) bond motifs is 1. The van der Waals surface area contributed by atoms with Gasteiger partial charge < -0.3 is 42.6 Å². The minimum absolute atomic E-state index is 0.000206. The molecule has 0 bridgehead atoms. The maximum atomic E-state index is 13.6. The van der Waals surface area contributed by atoms with Crippen LogP contribution in [0.15, 0.2) is 110 Å². The van der Waals surface area contributed by atoms with Crippen molar-refractivity contribution in [3.63, 3.8) is 0 Å². The second kappa shape index (κ2) is 20.5. The molecule has 0 spiro atoms. The number of hydrazone groups is 1. The van der Waals surface area contributed by atoms with Gasteiger partial charge in [-0.15, -0.1) is 0 Å². The predicted molar refractivity (Wildman–Crippen MR) is 196 cm³/mol. The van der Waals surface area contributed by atoms with Gasteiger partial charge in [-0.05, 0) is 36.4 Å². The molecule has 1 heterocycles. The first kappa shape index (κ1) is 40.3. The second-order valence-corrected chi connectivity index (χ2v) is 11.0. The van der Waals surface area contributed by atoms with Crippen LogP contribution in [-0.4, -0.2) is 68.2 Å².